The molecule has 7 aromatic rings. The molecule has 0 radical (unpaired) electrons. The molecule has 0 saturated carbocycles. The van der Waals surface area contributed by atoms with Gasteiger partial charge in [0.2, 0.25) is 22.4 Å². The van der Waals surface area contributed by atoms with Crippen LogP contribution in [0.1, 0.15) is 11.1 Å². The zero-order chi connectivity index (χ0) is 31.6. The summed E-state index contributed by atoms with van der Waals surface area (Å²) in [6.45, 7) is 0.0629. The fourth-order valence-electron chi connectivity index (χ4n) is 5.26. The first kappa shape index (κ1) is 29.4. The number of hydrogen-bond acceptors (Lipinski definition) is 6. The van der Waals surface area contributed by atoms with Crippen LogP contribution in [0.15, 0.2) is 140 Å². The first-order valence-corrected chi connectivity index (χ1v) is 15.2. The molecule has 226 valence electrons. The molecule has 0 spiro atoms. The van der Waals surface area contributed by atoms with E-state index in [0.29, 0.717) is 54.6 Å². The van der Waals surface area contributed by atoms with Crippen LogP contribution >= 0.6 is 23.2 Å². The van der Waals surface area contributed by atoms with Crippen molar-refractivity contribution >= 4 is 45.1 Å². The maximum Gasteiger partial charge on any atom is 0.235 e. The first-order chi connectivity index (χ1) is 22.5. The molecule has 6 nitrogen and oxygen atoms in total. The number of ether oxygens (including phenoxy) is 2. The van der Waals surface area contributed by atoms with E-state index in [4.69, 9.17) is 41.5 Å². The van der Waals surface area contributed by atoms with E-state index in [1.165, 1.54) is 0 Å². The molecule has 8 heteroatoms. The predicted octanol–water partition coefficient (Wildman–Crippen LogP) is 9.70. The second-order valence-electron chi connectivity index (χ2n) is 10.5. The molecule has 0 aliphatic rings. The average Bonchev–Trinajstić information content (AvgIpc) is 3.09. The van der Waals surface area contributed by atoms with Crippen LogP contribution in [0.5, 0.6) is 11.5 Å². The van der Waals surface area contributed by atoms with Crippen LogP contribution in [0.4, 0.5) is 0 Å². The number of fused-ring (bicyclic) bond motifs is 2. The monoisotopic (exact) mass is 646 g/mol. The van der Waals surface area contributed by atoms with E-state index in [9.17, 15) is 9.59 Å². The summed E-state index contributed by atoms with van der Waals surface area (Å²) >= 11 is 12.4. The van der Waals surface area contributed by atoms with Gasteiger partial charge in [-0.25, -0.2) is 0 Å². The van der Waals surface area contributed by atoms with E-state index in [0.717, 1.165) is 11.1 Å². The lowest BCUT2D eigenvalue weighted by Gasteiger charge is -2.15. The number of hydrogen-bond donors (Lipinski definition) is 0. The normalized spacial score (nSPS) is 11.2. The molecule has 0 unspecified atom stereocenters. The smallest absolute Gasteiger partial charge is 0.235 e. The van der Waals surface area contributed by atoms with Gasteiger partial charge < -0.3 is 18.3 Å². The van der Waals surface area contributed by atoms with Gasteiger partial charge in [-0.15, -0.1) is 0 Å². The minimum absolute atomic E-state index is 0.0314. The van der Waals surface area contributed by atoms with Crippen LogP contribution in [0.25, 0.3) is 44.6 Å². The molecular formula is C38H24Cl2O6. The molecule has 0 fully saturated rings. The Balaban J connectivity index is 1.24. The van der Waals surface area contributed by atoms with Crippen LogP contribution in [0.3, 0.4) is 0 Å². The molecule has 5 aromatic carbocycles. The summed E-state index contributed by atoms with van der Waals surface area (Å²) in [6.07, 6.45) is 0. The third-order valence-corrected chi connectivity index (χ3v) is 8.03. The van der Waals surface area contributed by atoms with Crippen molar-refractivity contribution < 1.29 is 18.3 Å². The summed E-state index contributed by atoms with van der Waals surface area (Å²) in [6, 6.07) is 35.9. The van der Waals surface area contributed by atoms with Crippen molar-refractivity contribution in [2.24, 2.45) is 0 Å². The van der Waals surface area contributed by atoms with E-state index in [1.807, 2.05) is 84.9 Å². The van der Waals surface area contributed by atoms with Gasteiger partial charge >= 0.3 is 0 Å². The summed E-state index contributed by atoms with van der Waals surface area (Å²) in [4.78, 5) is 27.4. The highest BCUT2D eigenvalue weighted by Gasteiger charge is 2.21. The van der Waals surface area contributed by atoms with Gasteiger partial charge in [0.05, 0.1) is 10.8 Å². The molecule has 2 aromatic heterocycles. The van der Waals surface area contributed by atoms with Gasteiger partial charge in [-0.3, -0.25) is 9.59 Å². The largest absolute Gasteiger partial charge is 0.481 e. The van der Waals surface area contributed by atoms with Crippen LogP contribution in [-0.4, -0.2) is 0 Å². The molecule has 0 bridgehead atoms. The molecule has 0 amide bonds. The maximum absolute atomic E-state index is 13.7. The summed E-state index contributed by atoms with van der Waals surface area (Å²) < 4.78 is 24.8. The quantitative estimate of drug-likeness (QED) is 0.163. The van der Waals surface area contributed by atoms with Crippen LogP contribution < -0.4 is 20.3 Å². The summed E-state index contributed by atoms with van der Waals surface area (Å²) in [5.74, 6) is 0.758. The number of benzene rings is 5. The van der Waals surface area contributed by atoms with E-state index >= 15 is 0 Å². The standard InChI is InChI=1S/C38H24Cl2O6/c39-27-15-17-31-29(19-27)33(41)37(35(45-31)23-9-3-1-4-10-23)43-21-25-13-7-8-14-26(25)22-44-38-34(42)30-20-28(40)16-18-32(30)46-36(38)24-11-5-2-6-12-24/h1-20H,21-22H2. The predicted molar refractivity (Wildman–Crippen MR) is 181 cm³/mol. The Kier molecular flexibility index (Phi) is 8.06. The molecule has 0 atom stereocenters. The molecular weight excluding hydrogens is 623 g/mol. The Morgan fingerprint density at radius 3 is 1.30 bits per heavy atom. The number of rotatable bonds is 8. The molecule has 7 rings (SSSR count). The Bertz CT molecular complexity index is 2160. The van der Waals surface area contributed by atoms with Gasteiger partial charge in [-0.2, -0.15) is 0 Å². The zero-order valence-electron chi connectivity index (χ0n) is 24.2. The lowest BCUT2D eigenvalue weighted by atomic mass is 10.1. The molecule has 2 heterocycles. The van der Waals surface area contributed by atoms with Crippen molar-refractivity contribution in [2.45, 2.75) is 13.2 Å². The van der Waals surface area contributed by atoms with Crippen LogP contribution in [-0.2, 0) is 13.2 Å². The van der Waals surface area contributed by atoms with Gasteiger partial charge in [0.25, 0.3) is 0 Å². The van der Waals surface area contributed by atoms with Crippen LogP contribution in [0, 0.1) is 0 Å². The molecule has 0 aliphatic carbocycles. The first-order valence-electron chi connectivity index (χ1n) is 14.4. The fraction of sp³-hybridized carbons (Fsp3) is 0.0526. The van der Waals surface area contributed by atoms with E-state index in [1.54, 1.807) is 36.4 Å². The zero-order valence-corrected chi connectivity index (χ0v) is 25.7. The van der Waals surface area contributed by atoms with Crippen molar-refractivity contribution in [3.63, 3.8) is 0 Å². The van der Waals surface area contributed by atoms with Crippen molar-refractivity contribution in [2.75, 3.05) is 0 Å². The van der Waals surface area contributed by atoms with Crippen molar-refractivity contribution in [1.82, 2.24) is 0 Å². The Morgan fingerprint density at radius 1 is 0.500 bits per heavy atom. The Hall–Kier alpha value is -5.30. The second-order valence-corrected chi connectivity index (χ2v) is 11.4. The third-order valence-electron chi connectivity index (χ3n) is 7.56. The van der Waals surface area contributed by atoms with Crippen LogP contribution in [0.2, 0.25) is 10.0 Å². The minimum Gasteiger partial charge on any atom is -0.481 e. The Morgan fingerprint density at radius 2 is 0.891 bits per heavy atom. The average molecular weight is 648 g/mol. The fourth-order valence-corrected chi connectivity index (χ4v) is 5.61. The summed E-state index contributed by atoms with van der Waals surface area (Å²) in [5.41, 5.74) is 3.02. The highest BCUT2D eigenvalue weighted by atomic mass is 35.5. The summed E-state index contributed by atoms with van der Waals surface area (Å²) in [7, 11) is 0. The molecule has 0 aliphatic heterocycles. The van der Waals surface area contributed by atoms with Gasteiger partial charge in [0.1, 0.15) is 24.4 Å². The topological polar surface area (TPSA) is 78.9 Å². The highest BCUT2D eigenvalue weighted by molar-refractivity contribution is 6.31. The van der Waals surface area contributed by atoms with Gasteiger partial charge in [0.15, 0.2) is 11.5 Å². The SMILES string of the molecule is O=c1c(OCc2ccccc2COc2c(-c3ccccc3)oc3ccc(Cl)cc3c2=O)c(-c2ccccc2)oc2ccc(Cl)cc12. The molecule has 46 heavy (non-hydrogen) atoms. The van der Waals surface area contributed by atoms with E-state index in [-0.39, 0.29) is 35.6 Å². The lowest BCUT2D eigenvalue weighted by molar-refractivity contribution is 0.278. The van der Waals surface area contributed by atoms with E-state index < -0.39 is 0 Å². The van der Waals surface area contributed by atoms with Gasteiger partial charge in [-0.1, -0.05) is 108 Å². The third kappa shape index (κ3) is 5.76. The minimum atomic E-state index is -0.337. The van der Waals surface area contributed by atoms with Gasteiger partial charge in [-0.05, 0) is 47.5 Å². The molecule has 0 saturated heterocycles. The van der Waals surface area contributed by atoms with Crippen molar-refractivity contribution in [3.8, 4) is 34.1 Å². The Labute approximate surface area is 273 Å². The summed E-state index contributed by atoms with van der Waals surface area (Å²) in [5, 5.41) is 1.46. The highest BCUT2D eigenvalue weighted by Crippen LogP contribution is 2.34. The van der Waals surface area contributed by atoms with E-state index in [2.05, 4.69) is 0 Å². The molecule has 0 N–H and O–H groups in total. The van der Waals surface area contributed by atoms with Gasteiger partial charge in [0, 0.05) is 21.2 Å². The second kappa shape index (κ2) is 12.6. The lowest BCUT2D eigenvalue weighted by Crippen LogP contribution is -2.13. The maximum atomic E-state index is 13.7. The van der Waals surface area contributed by atoms with Crippen molar-refractivity contribution in [3.05, 3.63) is 163 Å². The van der Waals surface area contributed by atoms with Crippen molar-refractivity contribution in [1.29, 1.82) is 0 Å². The number of halogens is 2.